The van der Waals surface area contributed by atoms with Gasteiger partial charge in [-0.15, -0.1) is 0 Å². The molecule has 2 atom stereocenters. The lowest BCUT2D eigenvalue weighted by Crippen LogP contribution is -2.29. The number of hydrogen-bond acceptors (Lipinski definition) is 3. The van der Waals surface area contributed by atoms with E-state index in [1.54, 1.807) is 12.4 Å². The van der Waals surface area contributed by atoms with E-state index in [9.17, 15) is 0 Å². The summed E-state index contributed by atoms with van der Waals surface area (Å²) in [6, 6.07) is 10.2. The van der Waals surface area contributed by atoms with Gasteiger partial charge in [0, 0.05) is 18.4 Å². The molecular formula is C18H24N2O. The van der Waals surface area contributed by atoms with Crippen LogP contribution in [0.4, 0.5) is 0 Å². The third kappa shape index (κ3) is 3.82. The predicted octanol–water partition coefficient (Wildman–Crippen LogP) is 3.98. The van der Waals surface area contributed by atoms with E-state index in [0.29, 0.717) is 5.92 Å². The first kappa shape index (κ1) is 15.5. The van der Waals surface area contributed by atoms with Gasteiger partial charge in [0.25, 0.3) is 0 Å². The van der Waals surface area contributed by atoms with Crippen molar-refractivity contribution in [3.05, 3.63) is 59.4 Å². The molecule has 1 heterocycles. The largest absolute Gasteiger partial charge is 0.484 e. The maximum atomic E-state index is 6.28. The fourth-order valence-electron chi connectivity index (χ4n) is 2.39. The molecule has 0 spiro atoms. The van der Waals surface area contributed by atoms with Crippen LogP contribution in [0.2, 0.25) is 0 Å². The summed E-state index contributed by atoms with van der Waals surface area (Å²) in [5, 5.41) is 0. The minimum absolute atomic E-state index is 0.104. The van der Waals surface area contributed by atoms with Crippen molar-refractivity contribution in [3.8, 4) is 5.75 Å². The number of hydrogen-bond donors (Lipinski definition) is 1. The topological polar surface area (TPSA) is 48.1 Å². The highest BCUT2D eigenvalue weighted by Crippen LogP contribution is 2.32. The van der Waals surface area contributed by atoms with Gasteiger partial charge in [0.1, 0.15) is 11.9 Å². The van der Waals surface area contributed by atoms with Crippen molar-refractivity contribution >= 4 is 0 Å². The molecule has 2 unspecified atom stereocenters. The minimum atomic E-state index is -0.174. The molecule has 3 heteroatoms. The number of nitrogens with two attached hydrogens (primary N) is 1. The third-order valence-electron chi connectivity index (χ3n) is 3.56. The van der Waals surface area contributed by atoms with Gasteiger partial charge in [-0.25, -0.2) is 0 Å². The zero-order valence-corrected chi connectivity index (χ0v) is 13.2. The lowest BCUT2D eigenvalue weighted by molar-refractivity contribution is 0.178. The van der Waals surface area contributed by atoms with Gasteiger partial charge in [-0.3, -0.25) is 4.98 Å². The Labute approximate surface area is 127 Å². The Morgan fingerprint density at radius 3 is 2.29 bits per heavy atom. The zero-order valence-electron chi connectivity index (χ0n) is 13.2. The second-order valence-electron chi connectivity index (χ2n) is 5.87. The van der Waals surface area contributed by atoms with E-state index in [-0.39, 0.29) is 12.1 Å². The fourth-order valence-corrected chi connectivity index (χ4v) is 2.39. The van der Waals surface area contributed by atoms with Crippen molar-refractivity contribution in [1.29, 1.82) is 0 Å². The highest BCUT2D eigenvalue weighted by atomic mass is 16.5. The Balaban J connectivity index is 2.36. The van der Waals surface area contributed by atoms with Gasteiger partial charge in [-0.1, -0.05) is 26.0 Å². The molecule has 3 nitrogen and oxygen atoms in total. The van der Waals surface area contributed by atoms with Crippen LogP contribution in [0.3, 0.4) is 0 Å². The van der Waals surface area contributed by atoms with Crippen molar-refractivity contribution in [2.75, 3.05) is 0 Å². The van der Waals surface area contributed by atoms with Crippen LogP contribution in [0.25, 0.3) is 0 Å². The van der Waals surface area contributed by atoms with E-state index in [1.165, 1.54) is 11.1 Å². The summed E-state index contributed by atoms with van der Waals surface area (Å²) in [7, 11) is 0. The Bertz CT molecular complexity index is 579. The molecule has 2 rings (SSSR count). The van der Waals surface area contributed by atoms with Crippen molar-refractivity contribution < 1.29 is 4.74 Å². The summed E-state index contributed by atoms with van der Waals surface area (Å²) in [5.41, 5.74) is 9.58. The second kappa shape index (κ2) is 6.72. The number of nitrogens with zero attached hydrogens (tertiary/aromatic N) is 1. The van der Waals surface area contributed by atoms with E-state index in [4.69, 9.17) is 10.5 Å². The highest BCUT2D eigenvalue weighted by molar-refractivity contribution is 5.39. The zero-order chi connectivity index (χ0) is 15.4. The molecular weight excluding hydrogens is 260 g/mol. The quantitative estimate of drug-likeness (QED) is 0.903. The molecule has 0 radical (unpaired) electrons. The first-order chi connectivity index (χ1) is 9.99. The molecule has 0 amide bonds. The van der Waals surface area contributed by atoms with E-state index < -0.39 is 0 Å². The molecule has 0 saturated heterocycles. The molecule has 1 aromatic heterocycles. The molecule has 21 heavy (non-hydrogen) atoms. The first-order valence-electron chi connectivity index (χ1n) is 7.41. The molecule has 0 aliphatic carbocycles. The molecule has 0 fully saturated rings. The van der Waals surface area contributed by atoms with Crippen molar-refractivity contribution in [1.82, 2.24) is 4.98 Å². The van der Waals surface area contributed by atoms with Crippen molar-refractivity contribution in [2.45, 2.75) is 45.8 Å². The average Bonchev–Trinajstić information content (AvgIpc) is 2.45. The summed E-state index contributed by atoms with van der Waals surface area (Å²) < 4.78 is 6.28. The smallest absolute Gasteiger partial charge is 0.139 e. The van der Waals surface area contributed by atoms with Gasteiger partial charge in [0.15, 0.2) is 0 Å². The first-order valence-corrected chi connectivity index (χ1v) is 7.41. The number of benzene rings is 1. The summed E-state index contributed by atoms with van der Waals surface area (Å²) in [5.74, 6) is 1.33. The van der Waals surface area contributed by atoms with Crippen LogP contribution >= 0.6 is 0 Å². The molecule has 1 aromatic carbocycles. The van der Waals surface area contributed by atoms with Crippen LogP contribution in [0.5, 0.6) is 5.75 Å². The number of pyridine rings is 1. The maximum Gasteiger partial charge on any atom is 0.139 e. The lowest BCUT2D eigenvalue weighted by Gasteiger charge is -2.25. The maximum absolute atomic E-state index is 6.28. The SMILES string of the molecule is Cc1ccc(C(C)C)c(OC(c2ccncc2)C(C)N)c1. The monoisotopic (exact) mass is 284 g/mol. The summed E-state index contributed by atoms with van der Waals surface area (Å²) in [6.07, 6.45) is 3.37. The van der Waals surface area contributed by atoms with Crippen LogP contribution in [0, 0.1) is 6.92 Å². The lowest BCUT2D eigenvalue weighted by atomic mass is 9.99. The molecule has 0 saturated carbocycles. The standard InChI is InChI=1S/C18H24N2O/c1-12(2)16-6-5-13(3)11-17(16)21-18(14(4)19)15-7-9-20-10-8-15/h5-12,14,18H,19H2,1-4H3. The average molecular weight is 284 g/mol. The highest BCUT2D eigenvalue weighted by Gasteiger charge is 2.20. The van der Waals surface area contributed by atoms with Crippen LogP contribution in [-0.2, 0) is 0 Å². The van der Waals surface area contributed by atoms with Crippen molar-refractivity contribution in [2.24, 2.45) is 5.73 Å². The Hall–Kier alpha value is -1.87. The number of aryl methyl sites for hydroxylation is 1. The minimum Gasteiger partial charge on any atom is -0.484 e. The Morgan fingerprint density at radius 2 is 1.71 bits per heavy atom. The Morgan fingerprint density at radius 1 is 1.05 bits per heavy atom. The van der Waals surface area contributed by atoms with Gasteiger partial charge in [-0.05, 0) is 54.7 Å². The second-order valence-corrected chi connectivity index (χ2v) is 5.87. The molecule has 2 aromatic rings. The van der Waals surface area contributed by atoms with Gasteiger partial charge in [-0.2, -0.15) is 0 Å². The Kier molecular flexibility index (Phi) is 4.97. The van der Waals surface area contributed by atoms with E-state index in [0.717, 1.165) is 11.3 Å². The predicted molar refractivity (Wildman–Crippen MR) is 86.5 cm³/mol. The number of rotatable bonds is 5. The summed E-state index contributed by atoms with van der Waals surface area (Å²) >= 11 is 0. The normalized spacial score (nSPS) is 14.0. The number of ether oxygens (including phenoxy) is 1. The fraction of sp³-hybridized carbons (Fsp3) is 0.389. The van der Waals surface area contributed by atoms with Crippen LogP contribution in [0.15, 0.2) is 42.7 Å². The van der Waals surface area contributed by atoms with Gasteiger partial charge in [0.2, 0.25) is 0 Å². The van der Waals surface area contributed by atoms with E-state index in [2.05, 4.69) is 44.0 Å². The van der Waals surface area contributed by atoms with Gasteiger partial charge in [0.05, 0.1) is 0 Å². The molecule has 0 bridgehead atoms. The van der Waals surface area contributed by atoms with Gasteiger partial charge >= 0.3 is 0 Å². The van der Waals surface area contributed by atoms with Gasteiger partial charge < -0.3 is 10.5 Å². The molecule has 112 valence electrons. The number of aromatic nitrogens is 1. The van der Waals surface area contributed by atoms with Crippen molar-refractivity contribution in [3.63, 3.8) is 0 Å². The molecule has 0 aliphatic heterocycles. The van der Waals surface area contributed by atoms with E-state index >= 15 is 0 Å². The molecule has 2 N–H and O–H groups in total. The third-order valence-corrected chi connectivity index (χ3v) is 3.56. The van der Waals surface area contributed by atoms with Crippen LogP contribution in [0.1, 0.15) is 49.5 Å². The summed E-state index contributed by atoms with van der Waals surface area (Å²) in [4.78, 5) is 4.06. The van der Waals surface area contributed by atoms with Crippen LogP contribution < -0.4 is 10.5 Å². The molecule has 0 aliphatic rings. The summed E-state index contributed by atoms with van der Waals surface area (Å²) in [6.45, 7) is 8.38. The van der Waals surface area contributed by atoms with Crippen LogP contribution in [-0.4, -0.2) is 11.0 Å². The van der Waals surface area contributed by atoms with E-state index in [1.807, 2.05) is 19.1 Å².